The van der Waals surface area contributed by atoms with Crippen molar-refractivity contribution in [3.8, 4) is 6.07 Å². The second-order valence-electron chi connectivity index (χ2n) is 7.52. The molecule has 0 N–H and O–H groups in total. The van der Waals surface area contributed by atoms with E-state index in [4.69, 9.17) is 28.1 Å². The molecule has 8 nitrogen and oxygen atoms in total. The molecule has 1 aliphatic heterocycles. The van der Waals surface area contributed by atoms with Crippen molar-refractivity contribution in [1.29, 1.82) is 5.26 Å². The Morgan fingerprint density at radius 3 is 2.45 bits per heavy atom. The van der Waals surface area contributed by atoms with E-state index in [-0.39, 0.29) is 30.1 Å². The van der Waals surface area contributed by atoms with Gasteiger partial charge in [0.25, 0.3) is 8.53 Å². The smallest absolute Gasteiger partial charge is 0.353 e. The zero-order valence-electron chi connectivity index (χ0n) is 18.6. The van der Waals surface area contributed by atoms with Crippen LogP contribution in [0, 0.1) is 11.3 Å². The molecule has 4 atom stereocenters. The number of hydrogen-bond acceptors (Lipinski definition) is 8. The summed E-state index contributed by atoms with van der Waals surface area (Å²) < 4.78 is 42.6. The van der Waals surface area contributed by atoms with Gasteiger partial charge in [-0.1, -0.05) is 0 Å². The van der Waals surface area contributed by atoms with E-state index in [2.05, 4.69) is 46.3 Å². The van der Waals surface area contributed by atoms with Gasteiger partial charge in [-0.2, -0.15) is 5.26 Å². The molecule has 0 radical (unpaired) electrons. The third kappa shape index (κ3) is 8.77. The molecule has 29 heavy (non-hydrogen) atoms. The maximum atomic E-state index is 12.2. The molecular weight excluding hydrogens is 413 g/mol. The highest BCUT2D eigenvalue weighted by atomic mass is 31.2. The average molecular weight is 448 g/mol. The lowest BCUT2D eigenvalue weighted by atomic mass is 9.79. The van der Waals surface area contributed by atoms with Gasteiger partial charge in [-0.05, 0) is 39.6 Å². The Labute approximate surface area is 177 Å². The van der Waals surface area contributed by atoms with Crippen molar-refractivity contribution < 1.29 is 27.4 Å². The third-order valence-electron chi connectivity index (χ3n) is 4.55. The predicted molar refractivity (Wildman–Crippen MR) is 118 cm³/mol. The molecule has 11 heteroatoms. The van der Waals surface area contributed by atoms with Crippen molar-refractivity contribution in [3.05, 3.63) is 11.9 Å². The molecule has 1 aliphatic rings. The van der Waals surface area contributed by atoms with Crippen molar-refractivity contribution in [2.45, 2.75) is 70.6 Å². The molecule has 0 aromatic rings. The molecule has 1 rings (SSSR count). The summed E-state index contributed by atoms with van der Waals surface area (Å²) in [6, 6.07) is 2.59. The van der Waals surface area contributed by atoms with Gasteiger partial charge in [0, 0.05) is 45.1 Å². The highest BCUT2D eigenvalue weighted by Crippen LogP contribution is 2.50. The van der Waals surface area contributed by atoms with Crippen molar-refractivity contribution in [2.24, 2.45) is 0 Å². The van der Waals surface area contributed by atoms with E-state index in [0.29, 0.717) is 26.1 Å². The van der Waals surface area contributed by atoms with Gasteiger partial charge in [-0.3, -0.25) is 4.57 Å². The fraction of sp³-hybridized carbons (Fsp3) is 0.833. The van der Waals surface area contributed by atoms with Crippen LogP contribution in [0.15, 0.2) is 11.9 Å². The molecule has 4 unspecified atom stereocenters. The summed E-state index contributed by atoms with van der Waals surface area (Å²) in [5.74, 6) is 1.62. The first-order valence-electron chi connectivity index (χ1n) is 9.94. The number of hydrogen-bond donors (Lipinski definition) is 0. The molecule has 1 heterocycles. The number of rotatable bonds is 12. The van der Waals surface area contributed by atoms with Crippen LogP contribution in [0.4, 0.5) is 0 Å². The molecule has 166 valence electrons. The van der Waals surface area contributed by atoms with Crippen molar-refractivity contribution in [1.82, 2.24) is 4.67 Å². The zero-order valence-corrected chi connectivity index (χ0v) is 20.4. The van der Waals surface area contributed by atoms with Crippen LogP contribution in [0.2, 0.25) is 5.82 Å². The second kappa shape index (κ2) is 13.2. The number of ether oxygens (including phenoxy) is 1. The Kier molecular flexibility index (Phi) is 12.2. The van der Waals surface area contributed by atoms with Crippen LogP contribution in [0.25, 0.3) is 0 Å². The molecule has 0 spiro atoms. The van der Waals surface area contributed by atoms with E-state index in [1.54, 1.807) is 6.08 Å². The summed E-state index contributed by atoms with van der Waals surface area (Å²) in [7, 11) is 0.226. The lowest BCUT2D eigenvalue weighted by Crippen LogP contribution is -2.38. The summed E-state index contributed by atoms with van der Waals surface area (Å²) in [6.45, 7) is 9.30. The van der Waals surface area contributed by atoms with E-state index >= 15 is 0 Å². The minimum atomic E-state index is -3.23. The molecule has 0 aliphatic carbocycles. The fourth-order valence-electron chi connectivity index (χ4n) is 3.00. The van der Waals surface area contributed by atoms with Gasteiger partial charge >= 0.3 is 7.60 Å². The maximum Gasteiger partial charge on any atom is 0.353 e. The quantitative estimate of drug-likeness (QED) is 0.253. The Bertz CT molecular complexity index is 585. The summed E-state index contributed by atoms with van der Waals surface area (Å²) >= 11 is 0. The lowest BCUT2D eigenvalue weighted by molar-refractivity contribution is -0.0159. The topological polar surface area (TPSA) is 90.3 Å². The third-order valence-corrected chi connectivity index (χ3v) is 8.26. The molecule has 0 saturated carbocycles. The molecular formula is C18H35BN2O6P2. The van der Waals surface area contributed by atoms with Crippen LogP contribution >= 0.6 is 16.1 Å². The van der Waals surface area contributed by atoms with Gasteiger partial charge in [-0.15, -0.1) is 0 Å². The van der Waals surface area contributed by atoms with Crippen LogP contribution in [0.3, 0.4) is 0 Å². The summed E-state index contributed by atoms with van der Waals surface area (Å²) in [5, 5.41) is 8.86. The minimum Gasteiger partial charge on any atom is -0.374 e. The first-order valence-corrected chi connectivity index (χ1v) is 12.7. The Morgan fingerprint density at radius 2 is 1.93 bits per heavy atom. The van der Waals surface area contributed by atoms with E-state index in [1.807, 2.05) is 0 Å². The molecule has 0 amide bonds. The minimum absolute atomic E-state index is 0.0870. The standard InChI is InChI=1S/C18H35BN2O6P2/c1-14(2)21(15(3)4)28(26-10-7-9-20)27-18-12-16(25-13-17(18)19)8-11-29(22,23-5)24-6/h8,11,14-18H,7,10,12-13,19H2,1-6H3/b11-8+. The van der Waals surface area contributed by atoms with Gasteiger partial charge in [0.1, 0.15) is 7.85 Å². The van der Waals surface area contributed by atoms with Crippen LogP contribution in [-0.4, -0.2) is 64.2 Å². The molecule has 1 saturated heterocycles. The summed E-state index contributed by atoms with van der Waals surface area (Å²) in [6.07, 6.45) is 2.31. The average Bonchev–Trinajstić information content (AvgIpc) is 2.67. The van der Waals surface area contributed by atoms with Gasteiger partial charge in [0.15, 0.2) is 0 Å². The van der Waals surface area contributed by atoms with Crippen molar-refractivity contribution in [3.63, 3.8) is 0 Å². The van der Waals surface area contributed by atoms with Crippen LogP contribution < -0.4 is 0 Å². The molecule has 0 aromatic carbocycles. The van der Waals surface area contributed by atoms with E-state index in [1.165, 1.54) is 20.0 Å². The first kappa shape index (κ1) is 26.7. The Morgan fingerprint density at radius 1 is 1.31 bits per heavy atom. The molecule has 0 bridgehead atoms. The van der Waals surface area contributed by atoms with E-state index in [9.17, 15) is 4.57 Å². The van der Waals surface area contributed by atoms with Crippen molar-refractivity contribution >= 4 is 24.0 Å². The first-order chi connectivity index (χ1) is 13.7. The fourth-order valence-corrected chi connectivity index (χ4v) is 5.63. The van der Waals surface area contributed by atoms with Crippen molar-refractivity contribution in [2.75, 3.05) is 27.4 Å². The number of nitrogens with zero attached hydrogens (tertiary/aromatic N) is 2. The number of nitriles is 1. The highest BCUT2D eigenvalue weighted by Gasteiger charge is 2.35. The van der Waals surface area contributed by atoms with Gasteiger partial charge in [0.05, 0.1) is 31.3 Å². The monoisotopic (exact) mass is 448 g/mol. The van der Waals surface area contributed by atoms with Gasteiger partial charge in [-0.25, -0.2) is 4.67 Å². The second-order valence-corrected chi connectivity index (χ2v) is 11.0. The van der Waals surface area contributed by atoms with Gasteiger partial charge in [0.2, 0.25) is 0 Å². The Balaban J connectivity index is 2.90. The zero-order chi connectivity index (χ0) is 22.0. The highest BCUT2D eigenvalue weighted by molar-refractivity contribution is 7.57. The van der Waals surface area contributed by atoms with Crippen LogP contribution in [-0.2, 0) is 27.4 Å². The molecule has 1 fully saturated rings. The largest absolute Gasteiger partial charge is 0.374 e. The normalized spacial score (nSPS) is 24.5. The maximum absolute atomic E-state index is 12.2. The lowest BCUT2D eigenvalue weighted by Gasteiger charge is -2.40. The van der Waals surface area contributed by atoms with Gasteiger partial charge < -0.3 is 22.8 Å². The molecule has 0 aromatic heterocycles. The summed E-state index contributed by atoms with van der Waals surface area (Å²) in [5.41, 5.74) is 0. The van der Waals surface area contributed by atoms with E-state index < -0.39 is 16.1 Å². The summed E-state index contributed by atoms with van der Waals surface area (Å²) in [4.78, 5) is 0. The predicted octanol–water partition coefficient (Wildman–Crippen LogP) is 3.86. The van der Waals surface area contributed by atoms with E-state index in [0.717, 1.165) is 0 Å². The van der Waals surface area contributed by atoms with Crippen LogP contribution in [0.1, 0.15) is 40.5 Å². The Hall–Kier alpha value is -0.285. The SMILES string of the molecule is BC1COC(/C=C/P(=O)(OC)OC)CC1OP(OCCC#N)N(C(C)C)C(C)C. The van der Waals surface area contributed by atoms with Crippen LogP contribution in [0.5, 0.6) is 0 Å².